The largest absolute Gasteiger partial charge is 0.292 e. The van der Waals surface area contributed by atoms with Crippen molar-refractivity contribution in [1.29, 1.82) is 0 Å². The molecule has 0 saturated carbocycles. The first-order valence-corrected chi connectivity index (χ1v) is 9.01. The minimum Gasteiger partial charge on any atom is -0.292 e. The number of anilines is 2. The van der Waals surface area contributed by atoms with Crippen LogP contribution < -0.4 is 4.90 Å². The topological polar surface area (TPSA) is 23.6 Å². The number of fused-ring (bicyclic) bond motifs is 2. The fourth-order valence-electron chi connectivity index (χ4n) is 3.41. The molecule has 2 aliphatic rings. The normalized spacial score (nSPS) is 18.4. The molecule has 0 aromatic heterocycles. The second kappa shape index (κ2) is 6.02. The van der Waals surface area contributed by atoms with E-state index in [0.29, 0.717) is 0 Å². The third-order valence-corrected chi connectivity index (χ3v) is 5.83. The van der Waals surface area contributed by atoms with Crippen LogP contribution in [0, 0.1) is 0 Å². The molecule has 0 N–H and O–H groups in total. The van der Waals surface area contributed by atoms with Crippen LogP contribution in [0.2, 0.25) is 0 Å². The Morgan fingerprint density at radius 3 is 2.04 bits per heavy atom. The van der Waals surface area contributed by atoms with E-state index in [4.69, 9.17) is 0 Å². The molecule has 0 spiro atoms. The maximum absolute atomic E-state index is 13.3. The molecule has 4 heteroatoms. The van der Waals surface area contributed by atoms with Gasteiger partial charge in [-0.3, -0.25) is 14.6 Å². The second-order valence-electron chi connectivity index (χ2n) is 6.13. The minimum atomic E-state index is -0.0817. The molecule has 0 radical (unpaired) electrons. The van der Waals surface area contributed by atoms with Gasteiger partial charge in [0, 0.05) is 9.79 Å². The number of amides is 1. The Balaban J connectivity index is 1.76. The molecule has 118 valence electrons. The van der Waals surface area contributed by atoms with Gasteiger partial charge in [0.05, 0.1) is 17.4 Å². The maximum atomic E-state index is 13.3. The molecule has 0 bridgehead atoms. The van der Waals surface area contributed by atoms with E-state index in [1.165, 1.54) is 12.8 Å². The molecule has 3 nitrogen and oxygen atoms in total. The summed E-state index contributed by atoms with van der Waals surface area (Å²) in [4.78, 5) is 19.8. The Morgan fingerprint density at radius 1 is 0.957 bits per heavy atom. The summed E-state index contributed by atoms with van der Waals surface area (Å²) in [5.74, 6) is 0.173. The zero-order valence-corrected chi connectivity index (χ0v) is 14.1. The lowest BCUT2D eigenvalue weighted by molar-refractivity contribution is -0.122. The van der Waals surface area contributed by atoms with Crippen LogP contribution in [0.15, 0.2) is 58.3 Å². The first-order chi connectivity index (χ1) is 11.3. The molecule has 1 unspecified atom stereocenters. The quantitative estimate of drug-likeness (QED) is 0.823. The molecule has 1 fully saturated rings. The van der Waals surface area contributed by atoms with Gasteiger partial charge >= 0.3 is 0 Å². The highest BCUT2D eigenvalue weighted by Crippen LogP contribution is 2.48. The number of para-hydroxylation sites is 2. The number of rotatable bonds is 2. The monoisotopic (exact) mass is 324 g/mol. The Bertz CT molecular complexity index is 694. The van der Waals surface area contributed by atoms with Crippen molar-refractivity contribution in [3.63, 3.8) is 0 Å². The van der Waals surface area contributed by atoms with E-state index in [-0.39, 0.29) is 11.9 Å². The predicted molar refractivity (Wildman–Crippen MR) is 94.4 cm³/mol. The Labute approximate surface area is 141 Å². The summed E-state index contributed by atoms with van der Waals surface area (Å²) in [7, 11) is 0. The van der Waals surface area contributed by atoms with Gasteiger partial charge in [0.25, 0.3) is 0 Å². The van der Waals surface area contributed by atoms with Crippen molar-refractivity contribution in [3.8, 4) is 0 Å². The van der Waals surface area contributed by atoms with Crippen LogP contribution in [0.3, 0.4) is 0 Å². The van der Waals surface area contributed by atoms with E-state index in [1.54, 1.807) is 11.8 Å². The van der Waals surface area contributed by atoms with Crippen LogP contribution in [0.1, 0.15) is 19.8 Å². The van der Waals surface area contributed by atoms with Crippen molar-refractivity contribution < 1.29 is 4.79 Å². The van der Waals surface area contributed by atoms with Crippen molar-refractivity contribution >= 4 is 29.0 Å². The van der Waals surface area contributed by atoms with Gasteiger partial charge < -0.3 is 0 Å². The van der Waals surface area contributed by atoms with E-state index >= 15 is 0 Å². The average Bonchev–Trinajstić information content (AvgIpc) is 3.13. The van der Waals surface area contributed by atoms with E-state index in [1.807, 2.05) is 48.2 Å². The highest BCUT2D eigenvalue weighted by Gasteiger charge is 2.33. The SMILES string of the molecule is CC(C(=O)N1c2ccccc2Sc2ccccc21)N1CCCC1. The molecule has 4 rings (SSSR count). The number of carbonyl (C=O) groups excluding carboxylic acids is 1. The molecule has 2 aromatic carbocycles. The smallest absolute Gasteiger partial charge is 0.248 e. The molecular formula is C19H20N2OS. The number of hydrogen-bond donors (Lipinski definition) is 0. The van der Waals surface area contributed by atoms with Gasteiger partial charge in [-0.15, -0.1) is 0 Å². The van der Waals surface area contributed by atoms with Crippen molar-refractivity contribution in [2.45, 2.75) is 35.6 Å². The first kappa shape index (κ1) is 14.8. The zero-order valence-electron chi connectivity index (χ0n) is 13.2. The number of likely N-dealkylation sites (tertiary alicyclic amines) is 1. The fourth-order valence-corrected chi connectivity index (χ4v) is 4.47. The summed E-state index contributed by atoms with van der Waals surface area (Å²) in [6, 6.07) is 16.3. The van der Waals surface area contributed by atoms with Crippen molar-refractivity contribution in [3.05, 3.63) is 48.5 Å². The molecule has 1 amide bonds. The summed E-state index contributed by atoms with van der Waals surface area (Å²) in [6.07, 6.45) is 2.39. The molecular weight excluding hydrogens is 304 g/mol. The predicted octanol–water partition coefficient (Wildman–Crippen LogP) is 4.30. The van der Waals surface area contributed by atoms with Crippen LogP contribution >= 0.6 is 11.8 Å². The Hall–Kier alpha value is -1.78. The number of nitrogens with zero attached hydrogens (tertiary/aromatic N) is 2. The van der Waals surface area contributed by atoms with Gasteiger partial charge in [0.2, 0.25) is 5.91 Å². The summed E-state index contributed by atoms with van der Waals surface area (Å²) in [5.41, 5.74) is 2.01. The maximum Gasteiger partial charge on any atom is 0.248 e. The second-order valence-corrected chi connectivity index (χ2v) is 7.21. The Morgan fingerprint density at radius 2 is 1.48 bits per heavy atom. The van der Waals surface area contributed by atoms with E-state index in [9.17, 15) is 4.79 Å². The number of carbonyl (C=O) groups is 1. The van der Waals surface area contributed by atoms with Crippen molar-refractivity contribution in [2.24, 2.45) is 0 Å². The van der Waals surface area contributed by atoms with Gasteiger partial charge in [-0.2, -0.15) is 0 Å². The minimum absolute atomic E-state index is 0.0817. The van der Waals surface area contributed by atoms with Crippen molar-refractivity contribution in [1.82, 2.24) is 4.90 Å². The highest BCUT2D eigenvalue weighted by molar-refractivity contribution is 7.99. The molecule has 1 atom stereocenters. The van der Waals surface area contributed by atoms with E-state index in [0.717, 1.165) is 34.3 Å². The lowest BCUT2D eigenvalue weighted by atomic mass is 10.1. The summed E-state index contributed by atoms with van der Waals surface area (Å²) in [6.45, 7) is 4.10. The summed E-state index contributed by atoms with van der Waals surface area (Å²) >= 11 is 1.74. The van der Waals surface area contributed by atoms with E-state index in [2.05, 4.69) is 17.0 Å². The number of hydrogen-bond acceptors (Lipinski definition) is 3. The molecule has 0 aliphatic carbocycles. The summed E-state index contributed by atoms with van der Waals surface area (Å²) in [5, 5.41) is 0. The standard InChI is InChI=1S/C19H20N2OS/c1-14(20-12-6-7-13-20)19(22)21-15-8-2-4-10-17(15)23-18-11-5-3-9-16(18)21/h2-5,8-11,14H,6-7,12-13H2,1H3. The zero-order chi connectivity index (χ0) is 15.8. The fraction of sp³-hybridized carbons (Fsp3) is 0.316. The van der Waals surface area contributed by atoms with Crippen LogP contribution in [-0.2, 0) is 4.79 Å². The molecule has 2 aromatic rings. The highest BCUT2D eigenvalue weighted by atomic mass is 32.2. The Kier molecular flexibility index (Phi) is 3.87. The van der Waals surface area contributed by atoms with Gasteiger partial charge in [-0.1, -0.05) is 36.0 Å². The first-order valence-electron chi connectivity index (χ1n) is 8.19. The van der Waals surface area contributed by atoms with Crippen LogP contribution in [0.5, 0.6) is 0 Å². The van der Waals surface area contributed by atoms with E-state index < -0.39 is 0 Å². The molecule has 1 saturated heterocycles. The van der Waals surface area contributed by atoms with Crippen LogP contribution in [0.4, 0.5) is 11.4 Å². The lowest BCUT2D eigenvalue weighted by Crippen LogP contribution is -2.45. The van der Waals surface area contributed by atoms with Gasteiger partial charge in [-0.25, -0.2) is 0 Å². The van der Waals surface area contributed by atoms with Gasteiger partial charge in [0.1, 0.15) is 0 Å². The average molecular weight is 324 g/mol. The van der Waals surface area contributed by atoms with Crippen LogP contribution in [0.25, 0.3) is 0 Å². The van der Waals surface area contributed by atoms with Gasteiger partial charge in [-0.05, 0) is 57.1 Å². The molecule has 2 aliphatic heterocycles. The lowest BCUT2D eigenvalue weighted by Gasteiger charge is -2.35. The number of benzene rings is 2. The molecule has 2 heterocycles. The van der Waals surface area contributed by atoms with Gasteiger partial charge in [0.15, 0.2) is 0 Å². The third kappa shape index (κ3) is 2.56. The molecule has 23 heavy (non-hydrogen) atoms. The third-order valence-electron chi connectivity index (χ3n) is 4.70. The summed E-state index contributed by atoms with van der Waals surface area (Å²) < 4.78 is 0. The van der Waals surface area contributed by atoms with Crippen LogP contribution in [-0.4, -0.2) is 29.9 Å². The van der Waals surface area contributed by atoms with Crippen molar-refractivity contribution in [2.75, 3.05) is 18.0 Å².